The van der Waals surface area contributed by atoms with Crippen molar-refractivity contribution in [2.24, 2.45) is 0 Å². The summed E-state index contributed by atoms with van der Waals surface area (Å²) in [6, 6.07) is 20.2. The summed E-state index contributed by atoms with van der Waals surface area (Å²) in [6.07, 6.45) is 0.728. The molecular weight excluding hydrogens is 352 g/mol. The molecule has 3 aromatic carbocycles. The van der Waals surface area contributed by atoms with Crippen LogP contribution in [0.5, 0.6) is 11.5 Å². The molecule has 0 bridgehead atoms. The standard InChI is InChI=1S/C23H26N2O3/c1-25(20-10-9-18-6-4-5-7-19(18)15-20)16-23(26)24-13-12-17-8-11-21(27-2)22(14-17)28-3/h4-11,14-15H,12-13,16H2,1-3H3,(H,24,26). The number of amides is 1. The number of ether oxygens (including phenoxy) is 2. The van der Waals surface area contributed by atoms with Gasteiger partial charge in [-0.1, -0.05) is 36.4 Å². The van der Waals surface area contributed by atoms with Gasteiger partial charge in [-0.15, -0.1) is 0 Å². The maximum Gasteiger partial charge on any atom is 0.239 e. The molecule has 0 aliphatic heterocycles. The van der Waals surface area contributed by atoms with Gasteiger partial charge in [0.05, 0.1) is 20.8 Å². The van der Waals surface area contributed by atoms with Crippen LogP contribution < -0.4 is 19.7 Å². The Morgan fingerprint density at radius 2 is 1.68 bits per heavy atom. The fourth-order valence-corrected chi connectivity index (χ4v) is 3.16. The Balaban J connectivity index is 1.52. The number of anilines is 1. The molecule has 0 atom stereocenters. The number of fused-ring (bicyclic) bond motifs is 1. The van der Waals surface area contributed by atoms with E-state index in [0.717, 1.165) is 17.7 Å². The van der Waals surface area contributed by atoms with Crippen LogP contribution in [0.3, 0.4) is 0 Å². The monoisotopic (exact) mass is 378 g/mol. The molecule has 0 aromatic heterocycles. The van der Waals surface area contributed by atoms with Gasteiger partial charge in [0.15, 0.2) is 11.5 Å². The van der Waals surface area contributed by atoms with Crippen molar-refractivity contribution in [3.05, 3.63) is 66.2 Å². The van der Waals surface area contributed by atoms with E-state index in [4.69, 9.17) is 9.47 Å². The topological polar surface area (TPSA) is 50.8 Å². The second-order valence-electron chi connectivity index (χ2n) is 6.68. The molecule has 0 aliphatic rings. The van der Waals surface area contributed by atoms with E-state index < -0.39 is 0 Å². The normalized spacial score (nSPS) is 10.5. The summed E-state index contributed by atoms with van der Waals surface area (Å²) in [4.78, 5) is 14.3. The highest BCUT2D eigenvalue weighted by Gasteiger charge is 2.09. The molecule has 0 radical (unpaired) electrons. The number of rotatable bonds is 8. The minimum atomic E-state index is -0.00358. The van der Waals surface area contributed by atoms with Crippen molar-refractivity contribution >= 4 is 22.4 Å². The van der Waals surface area contributed by atoms with Crippen LogP contribution in [0.1, 0.15) is 5.56 Å². The largest absolute Gasteiger partial charge is 0.493 e. The first-order valence-electron chi connectivity index (χ1n) is 9.28. The number of methoxy groups -OCH3 is 2. The number of carbonyl (C=O) groups excluding carboxylic acids is 1. The van der Waals surface area contributed by atoms with Crippen LogP contribution in [-0.4, -0.2) is 40.3 Å². The van der Waals surface area contributed by atoms with E-state index in [1.54, 1.807) is 14.2 Å². The Morgan fingerprint density at radius 1 is 0.929 bits per heavy atom. The minimum Gasteiger partial charge on any atom is -0.493 e. The molecule has 0 unspecified atom stereocenters. The summed E-state index contributed by atoms with van der Waals surface area (Å²) in [6.45, 7) is 0.879. The molecule has 0 fully saturated rings. The summed E-state index contributed by atoms with van der Waals surface area (Å²) in [5.74, 6) is 1.39. The lowest BCUT2D eigenvalue weighted by Crippen LogP contribution is -2.36. The zero-order valence-electron chi connectivity index (χ0n) is 16.6. The second-order valence-corrected chi connectivity index (χ2v) is 6.68. The number of hydrogen-bond donors (Lipinski definition) is 1. The molecule has 0 heterocycles. The predicted octanol–water partition coefficient (Wildman–Crippen LogP) is 3.65. The fraction of sp³-hybridized carbons (Fsp3) is 0.261. The van der Waals surface area contributed by atoms with Crippen molar-refractivity contribution in [3.8, 4) is 11.5 Å². The Labute approximate surface area is 165 Å². The van der Waals surface area contributed by atoms with Crippen molar-refractivity contribution < 1.29 is 14.3 Å². The number of hydrogen-bond acceptors (Lipinski definition) is 4. The van der Waals surface area contributed by atoms with Gasteiger partial charge >= 0.3 is 0 Å². The van der Waals surface area contributed by atoms with Gasteiger partial charge in [0.1, 0.15) is 0 Å². The third-order valence-corrected chi connectivity index (χ3v) is 4.74. The number of likely N-dealkylation sites (N-methyl/N-ethyl adjacent to an activating group) is 1. The van der Waals surface area contributed by atoms with E-state index >= 15 is 0 Å². The summed E-state index contributed by atoms with van der Waals surface area (Å²) in [5.41, 5.74) is 2.11. The first kappa shape index (κ1) is 19.5. The number of nitrogens with zero attached hydrogens (tertiary/aromatic N) is 1. The Morgan fingerprint density at radius 3 is 2.43 bits per heavy atom. The van der Waals surface area contributed by atoms with E-state index in [1.807, 2.05) is 48.3 Å². The quantitative estimate of drug-likeness (QED) is 0.650. The molecule has 1 amide bonds. The molecule has 3 rings (SSSR count). The third kappa shape index (κ3) is 4.74. The van der Waals surface area contributed by atoms with Gasteiger partial charge in [0.25, 0.3) is 0 Å². The molecule has 3 aromatic rings. The number of carbonyl (C=O) groups is 1. The Kier molecular flexibility index (Phi) is 6.37. The molecule has 5 heteroatoms. The summed E-state index contributed by atoms with van der Waals surface area (Å²) in [7, 11) is 5.16. The first-order chi connectivity index (χ1) is 13.6. The first-order valence-corrected chi connectivity index (χ1v) is 9.28. The molecule has 0 saturated heterocycles. The highest BCUT2D eigenvalue weighted by atomic mass is 16.5. The van der Waals surface area contributed by atoms with Gasteiger partial charge in [-0.05, 0) is 47.0 Å². The van der Waals surface area contributed by atoms with Gasteiger partial charge in [-0.25, -0.2) is 0 Å². The molecule has 0 aliphatic carbocycles. The second kappa shape index (κ2) is 9.13. The smallest absolute Gasteiger partial charge is 0.239 e. The molecule has 28 heavy (non-hydrogen) atoms. The molecule has 0 spiro atoms. The molecular formula is C23H26N2O3. The van der Waals surface area contributed by atoms with Crippen LogP contribution >= 0.6 is 0 Å². The van der Waals surface area contributed by atoms with Gasteiger partial charge in [-0.2, -0.15) is 0 Å². The van der Waals surface area contributed by atoms with Crippen molar-refractivity contribution in [3.63, 3.8) is 0 Å². The van der Waals surface area contributed by atoms with E-state index in [1.165, 1.54) is 10.8 Å². The van der Waals surface area contributed by atoms with Gasteiger partial charge in [-0.3, -0.25) is 4.79 Å². The summed E-state index contributed by atoms with van der Waals surface area (Å²) in [5, 5.41) is 5.34. The van der Waals surface area contributed by atoms with Gasteiger partial charge in [0, 0.05) is 19.3 Å². The zero-order valence-corrected chi connectivity index (χ0v) is 16.6. The zero-order chi connectivity index (χ0) is 19.9. The average molecular weight is 378 g/mol. The van der Waals surface area contributed by atoms with E-state index in [2.05, 4.69) is 29.6 Å². The lowest BCUT2D eigenvalue weighted by Gasteiger charge is -2.19. The van der Waals surface area contributed by atoms with Crippen molar-refractivity contribution in [1.82, 2.24) is 5.32 Å². The van der Waals surface area contributed by atoms with Crippen LogP contribution in [0.4, 0.5) is 5.69 Å². The molecule has 5 nitrogen and oxygen atoms in total. The minimum absolute atomic E-state index is 0.00358. The van der Waals surface area contributed by atoms with Gasteiger partial charge < -0.3 is 19.7 Å². The lowest BCUT2D eigenvalue weighted by molar-refractivity contribution is -0.119. The molecule has 146 valence electrons. The third-order valence-electron chi connectivity index (χ3n) is 4.74. The van der Waals surface area contributed by atoms with E-state index in [9.17, 15) is 4.79 Å². The van der Waals surface area contributed by atoms with Crippen LogP contribution in [-0.2, 0) is 11.2 Å². The fourth-order valence-electron chi connectivity index (χ4n) is 3.16. The van der Waals surface area contributed by atoms with Crippen LogP contribution in [0, 0.1) is 0 Å². The maximum absolute atomic E-state index is 12.3. The predicted molar refractivity (Wildman–Crippen MR) is 113 cm³/mol. The number of nitrogens with one attached hydrogen (secondary N) is 1. The van der Waals surface area contributed by atoms with E-state index in [-0.39, 0.29) is 5.91 Å². The van der Waals surface area contributed by atoms with Crippen molar-refractivity contribution in [1.29, 1.82) is 0 Å². The number of benzene rings is 3. The van der Waals surface area contributed by atoms with Crippen LogP contribution in [0.15, 0.2) is 60.7 Å². The Bertz CT molecular complexity index is 955. The SMILES string of the molecule is COc1ccc(CCNC(=O)CN(C)c2ccc3ccccc3c2)cc1OC. The van der Waals surface area contributed by atoms with Gasteiger partial charge in [0.2, 0.25) is 5.91 Å². The van der Waals surface area contributed by atoms with Crippen LogP contribution in [0.25, 0.3) is 10.8 Å². The maximum atomic E-state index is 12.3. The Hall–Kier alpha value is -3.21. The summed E-state index contributed by atoms with van der Waals surface area (Å²) < 4.78 is 10.6. The highest BCUT2D eigenvalue weighted by molar-refractivity contribution is 5.87. The summed E-state index contributed by atoms with van der Waals surface area (Å²) >= 11 is 0. The van der Waals surface area contributed by atoms with Crippen molar-refractivity contribution in [2.75, 3.05) is 39.3 Å². The van der Waals surface area contributed by atoms with Crippen LogP contribution in [0.2, 0.25) is 0 Å². The lowest BCUT2D eigenvalue weighted by atomic mass is 10.1. The highest BCUT2D eigenvalue weighted by Crippen LogP contribution is 2.27. The van der Waals surface area contributed by atoms with E-state index in [0.29, 0.717) is 24.6 Å². The molecule has 1 N–H and O–H groups in total. The molecule has 0 saturated carbocycles. The average Bonchev–Trinajstić information content (AvgIpc) is 2.73. The van der Waals surface area contributed by atoms with Crippen molar-refractivity contribution in [2.45, 2.75) is 6.42 Å².